The first kappa shape index (κ1) is 30.1. The second-order valence-electron chi connectivity index (χ2n) is 10.1. The summed E-state index contributed by atoms with van der Waals surface area (Å²) < 4.78 is 10.2. The summed E-state index contributed by atoms with van der Waals surface area (Å²) in [4.78, 5) is 53.0. The lowest BCUT2D eigenvalue weighted by Gasteiger charge is -2.37. The third-order valence-electron chi connectivity index (χ3n) is 6.62. The van der Waals surface area contributed by atoms with Crippen molar-refractivity contribution < 1.29 is 28.3 Å². The molecule has 39 heavy (non-hydrogen) atoms. The lowest BCUT2D eigenvalue weighted by atomic mass is 9.80. The van der Waals surface area contributed by atoms with Crippen LogP contribution in [0.2, 0.25) is 0 Å². The van der Waals surface area contributed by atoms with Gasteiger partial charge in [-0.15, -0.1) is 10.2 Å². The molecule has 1 fully saturated rings. The molecule has 11 nitrogen and oxygen atoms in total. The zero-order valence-corrected chi connectivity index (χ0v) is 23.7. The van der Waals surface area contributed by atoms with Crippen molar-refractivity contribution in [2.24, 2.45) is 5.92 Å². The molecule has 12 heteroatoms. The van der Waals surface area contributed by atoms with E-state index in [9.17, 15) is 19.2 Å². The summed E-state index contributed by atoms with van der Waals surface area (Å²) in [5.41, 5.74) is -0.638. The molecule has 2 aromatic rings. The van der Waals surface area contributed by atoms with Gasteiger partial charge in [0.25, 0.3) is 17.0 Å². The van der Waals surface area contributed by atoms with E-state index in [2.05, 4.69) is 25.6 Å². The smallest absolute Gasteiger partial charge is 0.409 e. The highest BCUT2D eigenvalue weighted by Crippen LogP contribution is 2.30. The molecule has 1 heterocycles. The van der Waals surface area contributed by atoms with E-state index in [-0.39, 0.29) is 28.8 Å². The Balaban J connectivity index is 1.71. The van der Waals surface area contributed by atoms with Gasteiger partial charge in [0.1, 0.15) is 5.54 Å². The normalized spacial score (nSPS) is 15.3. The van der Waals surface area contributed by atoms with Crippen LogP contribution in [-0.2, 0) is 9.53 Å². The standard InChI is InChI=1S/C27H37N5O6S/c1-18(2)17-20(21(33)23-30-31-25(38-23)39-16-15-32(3)26(36)37-4)28-24(35)27(13-9-6-10-14-27)29-22(34)19-11-7-5-8-12-19/h5,7-8,11-12,18,20H,6,9-10,13-17H2,1-4H3,(H,28,35)(H,29,34)/t20-/m0/s1. The lowest BCUT2D eigenvalue weighted by molar-refractivity contribution is -0.129. The van der Waals surface area contributed by atoms with Crippen LogP contribution in [0.5, 0.6) is 0 Å². The minimum absolute atomic E-state index is 0.0890. The fourth-order valence-electron chi connectivity index (χ4n) is 4.48. The van der Waals surface area contributed by atoms with Crippen LogP contribution >= 0.6 is 11.8 Å². The Hall–Kier alpha value is -3.41. The summed E-state index contributed by atoms with van der Waals surface area (Å²) in [5, 5.41) is 13.9. The third-order valence-corrected chi connectivity index (χ3v) is 7.41. The molecule has 1 aromatic heterocycles. The molecule has 1 saturated carbocycles. The van der Waals surface area contributed by atoms with Crippen LogP contribution in [-0.4, -0.2) is 76.8 Å². The highest BCUT2D eigenvalue weighted by molar-refractivity contribution is 7.99. The first-order chi connectivity index (χ1) is 18.6. The van der Waals surface area contributed by atoms with Crippen LogP contribution in [0.1, 0.15) is 73.4 Å². The van der Waals surface area contributed by atoms with Crippen molar-refractivity contribution in [3.63, 3.8) is 0 Å². The maximum atomic E-state index is 13.7. The molecule has 0 radical (unpaired) electrons. The zero-order valence-electron chi connectivity index (χ0n) is 22.9. The van der Waals surface area contributed by atoms with Gasteiger partial charge in [0, 0.05) is 24.9 Å². The monoisotopic (exact) mass is 559 g/mol. The van der Waals surface area contributed by atoms with Crippen LogP contribution in [0.4, 0.5) is 4.79 Å². The largest absolute Gasteiger partial charge is 0.453 e. The average molecular weight is 560 g/mol. The van der Waals surface area contributed by atoms with Gasteiger partial charge in [-0.05, 0) is 37.3 Å². The van der Waals surface area contributed by atoms with Crippen molar-refractivity contribution in [1.82, 2.24) is 25.7 Å². The number of Topliss-reactive ketones (excluding diaryl/α,β-unsaturated/α-hetero) is 1. The predicted octanol–water partition coefficient (Wildman–Crippen LogP) is 3.71. The van der Waals surface area contributed by atoms with E-state index in [4.69, 9.17) is 4.42 Å². The second-order valence-corrected chi connectivity index (χ2v) is 11.1. The minimum Gasteiger partial charge on any atom is -0.453 e. The van der Waals surface area contributed by atoms with Crippen LogP contribution in [0, 0.1) is 5.92 Å². The van der Waals surface area contributed by atoms with Crippen LogP contribution in [0.25, 0.3) is 0 Å². The summed E-state index contributed by atoms with van der Waals surface area (Å²) in [6, 6.07) is 7.88. The van der Waals surface area contributed by atoms with Crippen molar-refractivity contribution in [1.29, 1.82) is 0 Å². The second kappa shape index (κ2) is 14.1. The SMILES string of the molecule is COC(=O)N(C)CCSc1nnc(C(=O)[C@H](CC(C)C)NC(=O)C2(NC(=O)c3ccccc3)CCCCC2)o1. The van der Waals surface area contributed by atoms with Gasteiger partial charge in [-0.25, -0.2) is 4.79 Å². The molecule has 212 valence electrons. The number of thioether (sulfide) groups is 1. The van der Waals surface area contributed by atoms with E-state index >= 15 is 0 Å². The van der Waals surface area contributed by atoms with Gasteiger partial charge >= 0.3 is 6.09 Å². The fourth-order valence-corrected chi connectivity index (χ4v) is 5.25. The number of hydrogen-bond donors (Lipinski definition) is 2. The molecule has 1 atom stereocenters. The number of nitrogens with zero attached hydrogens (tertiary/aromatic N) is 3. The van der Waals surface area contributed by atoms with E-state index in [1.54, 1.807) is 31.3 Å². The average Bonchev–Trinajstić information content (AvgIpc) is 3.41. The molecular formula is C27H37N5O6S. The molecule has 0 aliphatic heterocycles. The fraction of sp³-hybridized carbons (Fsp3) is 0.556. The number of ether oxygens (including phenoxy) is 1. The van der Waals surface area contributed by atoms with Gasteiger partial charge in [0.05, 0.1) is 13.2 Å². The Morgan fingerprint density at radius 2 is 1.79 bits per heavy atom. The molecule has 0 bridgehead atoms. The molecule has 1 aliphatic carbocycles. The number of carbonyl (C=O) groups is 4. The van der Waals surface area contributed by atoms with Gasteiger partial charge < -0.3 is 24.7 Å². The van der Waals surface area contributed by atoms with E-state index < -0.39 is 23.5 Å². The zero-order chi connectivity index (χ0) is 28.4. The maximum Gasteiger partial charge on any atom is 0.409 e. The van der Waals surface area contributed by atoms with Crippen molar-refractivity contribution >= 4 is 35.5 Å². The van der Waals surface area contributed by atoms with Crippen LogP contribution in [0.3, 0.4) is 0 Å². The Morgan fingerprint density at radius 1 is 1.10 bits per heavy atom. The first-order valence-corrected chi connectivity index (χ1v) is 14.1. The first-order valence-electron chi connectivity index (χ1n) is 13.1. The molecule has 1 aromatic carbocycles. The lowest BCUT2D eigenvalue weighted by Crippen LogP contribution is -2.62. The summed E-state index contributed by atoms with van der Waals surface area (Å²) in [6.45, 7) is 4.28. The third kappa shape index (κ3) is 8.29. The number of methoxy groups -OCH3 is 1. The van der Waals surface area contributed by atoms with Crippen LogP contribution in [0.15, 0.2) is 40.0 Å². The van der Waals surface area contributed by atoms with Gasteiger partial charge in [0.2, 0.25) is 11.7 Å². The molecule has 0 spiro atoms. The summed E-state index contributed by atoms with van der Waals surface area (Å²) in [5.74, 6) is -0.844. The van der Waals surface area contributed by atoms with Gasteiger partial charge in [-0.3, -0.25) is 14.4 Å². The number of rotatable bonds is 12. The predicted molar refractivity (Wildman–Crippen MR) is 145 cm³/mol. The van der Waals surface area contributed by atoms with Gasteiger partial charge in [-0.1, -0.05) is 63.1 Å². The van der Waals surface area contributed by atoms with E-state index in [1.807, 2.05) is 19.9 Å². The Labute approximate surface area is 232 Å². The molecule has 3 amide bonds. The highest BCUT2D eigenvalue weighted by atomic mass is 32.2. The van der Waals surface area contributed by atoms with Crippen molar-refractivity contribution in [2.75, 3.05) is 26.5 Å². The number of aromatic nitrogens is 2. The molecule has 2 N–H and O–H groups in total. The summed E-state index contributed by atoms with van der Waals surface area (Å²) in [6.07, 6.45) is 3.44. The molecular weight excluding hydrogens is 522 g/mol. The Bertz CT molecular complexity index is 1130. The Morgan fingerprint density at radius 3 is 2.44 bits per heavy atom. The molecule has 3 rings (SSSR count). The van der Waals surface area contributed by atoms with E-state index in [0.29, 0.717) is 37.1 Å². The molecule has 0 saturated heterocycles. The van der Waals surface area contributed by atoms with Gasteiger partial charge in [0.15, 0.2) is 0 Å². The minimum atomic E-state index is -1.11. The number of amides is 3. The number of hydrogen-bond acceptors (Lipinski definition) is 9. The highest BCUT2D eigenvalue weighted by Gasteiger charge is 2.43. The summed E-state index contributed by atoms with van der Waals surface area (Å²) in [7, 11) is 2.91. The van der Waals surface area contributed by atoms with Crippen LogP contribution < -0.4 is 10.6 Å². The molecule has 1 aliphatic rings. The van der Waals surface area contributed by atoms with Gasteiger partial charge in [-0.2, -0.15) is 0 Å². The number of benzene rings is 1. The number of ketones is 1. The van der Waals surface area contributed by atoms with Crippen molar-refractivity contribution in [3.8, 4) is 0 Å². The van der Waals surface area contributed by atoms with E-state index in [1.165, 1.54) is 23.8 Å². The number of carbonyl (C=O) groups excluding carboxylic acids is 4. The van der Waals surface area contributed by atoms with Crippen molar-refractivity contribution in [2.45, 2.75) is 69.2 Å². The maximum absolute atomic E-state index is 13.7. The van der Waals surface area contributed by atoms with E-state index in [0.717, 1.165) is 19.3 Å². The topological polar surface area (TPSA) is 144 Å². The quantitative estimate of drug-likeness (QED) is 0.294. The Kier molecular flexibility index (Phi) is 10.9. The molecule has 0 unspecified atom stereocenters. The van der Waals surface area contributed by atoms with Crippen molar-refractivity contribution in [3.05, 3.63) is 41.8 Å². The summed E-state index contributed by atoms with van der Waals surface area (Å²) >= 11 is 1.20. The number of nitrogens with one attached hydrogen (secondary N) is 2.